The number of amides is 2. The Hall–Kier alpha value is -3.41. The van der Waals surface area contributed by atoms with E-state index in [1.165, 1.54) is 6.08 Å². The van der Waals surface area contributed by atoms with Crippen LogP contribution < -0.4 is 10.2 Å². The van der Waals surface area contributed by atoms with E-state index in [1.54, 1.807) is 23.1 Å². The Balaban J connectivity index is 1.46. The van der Waals surface area contributed by atoms with Crippen molar-refractivity contribution in [1.29, 1.82) is 0 Å². The average Bonchev–Trinajstić information content (AvgIpc) is 3.13. The third kappa shape index (κ3) is 5.30. The topological polar surface area (TPSA) is 75.7 Å². The van der Waals surface area contributed by atoms with Crippen LogP contribution >= 0.6 is 0 Å². The molecule has 1 heterocycles. The first-order chi connectivity index (χ1) is 13.5. The normalized spacial score (nSPS) is 13.8. The molecule has 0 radical (unpaired) electrons. The van der Waals surface area contributed by atoms with Crippen molar-refractivity contribution < 1.29 is 19.1 Å². The second-order valence-corrected chi connectivity index (χ2v) is 6.60. The molecular formula is C22H22N2O4. The zero-order valence-electron chi connectivity index (χ0n) is 15.7. The van der Waals surface area contributed by atoms with Crippen LogP contribution in [-0.4, -0.2) is 30.9 Å². The lowest BCUT2D eigenvalue weighted by molar-refractivity contribution is -0.142. The van der Waals surface area contributed by atoms with E-state index in [1.807, 2.05) is 43.3 Å². The zero-order valence-corrected chi connectivity index (χ0v) is 15.7. The number of esters is 1. The third-order valence-corrected chi connectivity index (χ3v) is 4.37. The van der Waals surface area contributed by atoms with Crippen molar-refractivity contribution in [2.75, 3.05) is 23.4 Å². The molecule has 1 fully saturated rings. The van der Waals surface area contributed by atoms with Crippen molar-refractivity contribution in [3.05, 3.63) is 65.7 Å². The van der Waals surface area contributed by atoms with Gasteiger partial charge in [-0.25, -0.2) is 4.79 Å². The number of hydrogen-bond donors (Lipinski definition) is 1. The van der Waals surface area contributed by atoms with Gasteiger partial charge in [0.1, 0.15) is 0 Å². The largest absolute Gasteiger partial charge is 0.452 e. The number of hydrogen-bond acceptors (Lipinski definition) is 4. The molecule has 2 aromatic carbocycles. The molecule has 2 amide bonds. The Labute approximate surface area is 163 Å². The van der Waals surface area contributed by atoms with E-state index in [0.717, 1.165) is 29.8 Å². The van der Waals surface area contributed by atoms with Gasteiger partial charge in [-0.1, -0.05) is 29.8 Å². The van der Waals surface area contributed by atoms with Gasteiger partial charge in [-0.15, -0.1) is 0 Å². The number of nitrogens with one attached hydrogen (secondary N) is 1. The van der Waals surface area contributed by atoms with Gasteiger partial charge in [0.05, 0.1) is 0 Å². The summed E-state index contributed by atoms with van der Waals surface area (Å²) in [6.45, 7) is 2.34. The molecule has 6 heteroatoms. The first kappa shape index (κ1) is 19.4. The Kier molecular flexibility index (Phi) is 6.22. The van der Waals surface area contributed by atoms with E-state index in [-0.39, 0.29) is 12.5 Å². The van der Waals surface area contributed by atoms with Crippen LogP contribution in [0.5, 0.6) is 0 Å². The Morgan fingerprint density at radius 3 is 2.46 bits per heavy atom. The Morgan fingerprint density at radius 2 is 1.82 bits per heavy atom. The summed E-state index contributed by atoms with van der Waals surface area (Å²) in [6.07, 6.45) is 4.35. The van der Waals surface area contributed by atoms with Crippen LogP contribution in [0.15, 0.2) is 54.6 Å². The fourth-order valence-electron chi connectivity index (χ4n) is 2.87. The molecule has 1 aliphatic rings. The van der Waals surface area contributed by atoms with Crippen LogP contribution in [0.2, 0.25) is 0 Å². The zero-order chi connectivity index (χ0) is 19.9. The molecular weight excluding hydrogens is 356 g/mol. The quantitative estimate of drug-likeness (QED) is 0.618. The molecule has 0 unspecified atom stereocenters. The number of ether oxygens (including phenoxy) is 1. The standard InChI is InChI=1S/C22H22N2O4/c1-16-4-9-18(10-5-16)23-20(25)15-28-22(27)13-8-17-6-11-19(12-7-17)24-14-2-3-21(24)26/h4-13H,2-3,14-15H2,1H3,(H,23,25)/b13-8+. The van der Waals surface area contributed by atoms with Gasteiger partial charge in [0.25, 0.3) is 5.91 Å². The SMILES string of the molecule is Cc1ccc(NC(=O)COC(=O)/C=C/c2ccc(N3CCCC3=O)cc2)cc1. The molecule has 0 aromatic heterocycles. The van der Waals surface area contributed by atoms with Crippen molar-refractivity contribution in [1.82, 2.24) is 0 Å². The summed E-state index contributed by atoms with van der Waals surface area (Å²) in [5.74, 6) is -0.862. The first-order valence-electron chi connectivity index (χ1n) is 9.13. The molecule has 3 rings (SSSR count). The Morgan fingerprint density at radius 1 is 1.11 bits per heavy atom. The maximum Gasteiger partial charge on any atom is 0.331 e. The molecule has 1 aliphatic heterocycles. The van der Waals surface area contributed by atoms with Gasteiger partial charge in [0, 0.05) is 30.4 Å². The molecule has 0 spiro atoms. The summed E-state index contributed by atoms with van der Waals surface area (Å²) in [5.41, 5.74) is 3.40. The monoisotopic (exact) mass is 378 g/mol. The van der Waals surface area contributed by atoms with Gasteiger partial charge in [0.15, 0.2) is 6.61 Å². The van der Waals surface area contributed by atoms with E-state index in [2.05, 4.69) is 5.32 Å². The number of nitrogens with zero attached hydrogens (tertiary/aromatic N) is 1. The Bertz CT molecular complexity index is 886. The molecule has 0 saturated carbocycles. The van der Waals surface area contributed by atoms with Gasteiger partial charge < -0.3 is 15.0 Å². The lowest BCUT2D eigenvalue weighted by atomic mass is 10.2. The highest BCUT2D eigenvalue weighted by Gasteiger charge is 2.21. The highest BCUT2D eigenvalue weighted by Crippen LogP contribution is 2.21. The fourth-order valence-corrected chi connectivity index (χ4v) is 2.87. The minimum Gasteiger partial charge on any atom is -0.452 e. The number of benzene rings is 2. The summed E-state index contributed by atoms with van der Waals surface area (Å²) >= 11 is 0. The van der Waals surface area contributed by atoms with Gasteiger partial charge in [-0.3, -0.25) is 9.59 Å². The molecule has 0 bridgehead atoms. The molecule has 6 nitrogen and oxygen atoms in total. The maximum absolute atomic E-state index is 11.8. The minimum atomic E-state index is -0.599. The number of anilines is 2. The van der Waals surface area contributed by atoms with Crippen LogP contribution in [0.3, 0.4) is 0 Å². The highest BCUT2D eigenvalue weighted by atomic mass is 16.5. The van der Waals surface area contributed by atoms with Gasteiger partial charge in [-0.05, 0) is 49.2 Å². The second-order valence-electron chi connectivity index (χ2n) is 6.60. The smallest absolute Gasteiger partial charge is 0.331 e. The van der Waals surface area contributed by atoms with Crippen molar-refractivity contribution in [2.45, 2.75) is 19.8 Å². The van der Waals surface area contributed by atoms with Gasteiger partial charge in [0.2, 0.25) is 5.91 Å². The third-order valence-electron chi connectivity index (χ3n) is 4.37. The molecule has 1 saturated heterocycles. The van der Waals surface area contributed by atoms with Crippen LogP contribution in [0.4, 0.5) is 11.4 Å². The van der Waals surface area contributed by atoms with E-state index < -0.39 is 11.9 Å². The van der Waals surface area contributed by atoms with E-state index >= 15 is 0 Å². The van der Waals surface area contributed by atoms with E-state index in [4.69, 9.17) is 4.74 Å². The van der Waals surface area contributed by atoms with Crippen molar-refractivity contribution in [3.8, 4) is 0 Å². The minimum absolute atomic E-state index is 0.135. The molecule has 2 aromatic rings. The fraction of sp³-hybridized carbons (Fsp3) is 0.227. The molecule has 0 aliphatic carbocycles. The van der Waals surface area contributed by atoms with Crippen molar-refractivity contribution >= 4 is 35.2 Å². The molecule has 0 atom stereocenters. The molecule has 1 N–H and O–H groups in total. The lowest BCUT2D eigenvalue weighted by Crippen LogP contribution is -2.23. The first-order valence-corrected chi connectivity index (χ1v) is 9.13. The maximum atomic E-state index is 11.8. The van der Waals surface area contributed by atoms with E-state index in [0.29, 0.717) is 12.1 Å². The highest BCUT2D eigenvalue weighted by molar-refractivity contribution is 5.96. The van der Waals surface area contributed by atoms with Crippen LogP contribution in [-0.2, 0) is 19.1 Å². The van der Waals surface area contributed by atoms with Gasteiger partial charge in [-0.2, -0.15) is 0 Å². The summed E-state index contributed by atoms with van der Waals surface area (Å²) in [4.78, 5) is 37.1. The number of carbonyl (C=O) groups is 3. The summed E-state index contributed by atoms with van der Waals surface area (Å²) in [7, 11) is 0. The summed E-state index contributed by atoms with van der Waals surface area (Å²) in [6, 6.07) is 14.7. The van der Waals surface area contributed by atoms with Gasteiger partial charge >= 0.3 is 5.97 Å². The number of carbonyl (C=O) groups excluding carboxylic acids is 3. The van der Waals surface area contributed by atoms with Crippen molar-refractivity contribution in [2.24, 2.45) is 0 Å². The average molecular weight is 378 g/mol. The van der Waals surface area contributed by atoms with Crippen LogP contribution in [0, 0.1) is 6.92 Å². The second kappa shape index (κ2) is 8.99. The summed E-state index contributed by atoms with van der Waals surface area (Å²) < 4.78 is 4.95. The number of aryl methyl sites for hydroxylation is 1. The molecule has 144 valence electrons. The predicted molar refractivity (Wildman–Crippen MR) is 108 cm³/mol. The number of rotatable bonds is 6. The van der Waals surface area contributed by atoms with Crippen LogP contribution in [0.1, 0.15) is 24.0 Å². The van der Waals surface area contributed by atoms with Crippen LogP contribution in [0.25, 0.3) is 6.08 Å². The molecule has 28 heavy (non-hydrogen) atoms. The summed E-state index contributed by atoms with van der Waals surface area (Å²) in [5, 5.41) is 2.66. The predicted octanol–water partition coefficient (Wildman–Crippen LogP) is 3.32. The van der Waals surface area contributed by atoms with E-state index in [9.17, 15) is 14.4 Å². The van der Waals surface area contributed by atoms with Crippen molar-refractivity contribution in [3.63, 3.8) is 0 Å². The lowest BCUT2D eigenvalue weighted by Gasteiger charge is -2.15.